The van der Waals surface area contributed by atoms with Crippen LogP contribution in [0.25, 0.3) is 0 Å². The lowest BCUT2D eigenvalue weighted by Crippen LogP contribution is -2.21. The summed E-state index contributed by atoms with van der Waals surface area (Å²) in [7, 11) is 0. The number of halogens is 2. The minimum atomic E-state index is -0.490. The van der Waals surface area contributed by atoms with Crippen LogP contribution in [0.4, 0.5) is 5.69 Å². The van der Waals surface area contributed by atoms with Gasteiger partial charge in [0.25, 0.3) is 5.91 Å². The molecule has 0 heterocycles. The lowest BCUT2D eigenvalue weighted by atomic mass is 10.2. The molecule has 2 N–H and O–H groups in total. The van der Waals surface area contributed by atoms with Gasteiger partial charge in [-0.2, -0.15) is 5.10 Å². The summed E-state index contributed by atoms with van der Waals surface area (Å²) in [6, 6.07) is 11.1. The van der Waals surface area contributed by atoms with E-state index >= 15 is 0 Å². The number of rotatable bonds is 6. The van der Waals surface area contributed by atoms with Crippen molar-refractivity contribution in [1.82, 2.24) is 5.43 Å². The monoisotopic (exact) mass is 467 g/mol. The minimum Gasteiger partial charge on any atom is -0.506 e. The second-order valence-corrected chi connectivity index (χ2v) is 7.02. The number of carbonyl (C=O) groups is 1. The van der Waals surface area contributed by atoms with Gasteiger partial charge in [0.05, 0.1) is 16.3 Å². The predicted octanol–water partition coefficient (Wildman–Crippen LogP) is 4.53. The van der Waals surface area contributed by atoms with Crippen LogP contribution in [0.3, 0.4) is 0 Å². The van der Waals surface area contributed by atoms with Gasteiger partial charge < -0.3 is 10.0 Å². The molecule has 5 nitrogen and oxygen atoms in total. The number of hydrogen-bond donors (Lipinski definition) is 2. The van der Waals surface area contributed by atoms with E-state index in [0.29, 0.717) is 8.95 Å². The third kappa shape index (κ3) is 5.06. The summed E-state index contributed by atoms with van der Waals surface area (Å²) in [5.41, 5.74) is 4.57. The van der Waals surface area contributed by atoms with E-state index in [1.165, 1.54) is 6.07 Å². The van der Waals surface area contributed by atoms with Crippen molar-refractivity contribution in [2.24, 2.45) is 5.10 Å². The van der Waals surface area contributed by atoms with E-state index in [9.17, 15) is 9.90 Å². The van der Waals surface area contributed by atoms with E-state index in [-0.39, 0.29) is 11.3 Å². The second-order valence-electron chi connectivity index (χ2n) is 5.25. The lowest BCUT2D eigenvalue weighted by molar-refractivity contribution is 0.0952. The Hall–Kier alpha value is -1.86. The molecule has 0 saturated heterocycles. The van der Waals surface area contributed by atoms with E-state index in [1.807, 2.05) is 24.3 Å². The Balaban J connectivity index is 2.05. The zero-order valence-corrected chi connectivity index (χ0v) is 17.1. The molecule has 0 spiro atoms. The Morgan fingerprint density at radius 1 is 1.20 bits per heavy atom. The molecule has 0 radical (unpaired) electrons. The van der Waals surface area contributed by atoms with Crippen molar-refractivity contribution < 1.29 is 9.90 Å². The molecule has 0 bridgehead atoms. The zero-order chi connectivity index (χ0) is 18.4. The molecule has 2 aromatic rings. The normalized spacial score (nSPS) is 10.9. The highest BCUT2D eigenvalue weighted by Gasteiger charge is 2.14. The SMILES string of the molecule is CCN(CC)c1ccc(C=NNC(=O)c2cc(Br)cc(Br)c2O)cc1. The lowest BCUT2D eigenvalue weighted by Gasteiger charge is -2.20. The summed E-state index contributed by atoms with van der Waals surface area (Å²) in [6.45, 7) is 6.13. The van der Waals surface area contributed by atoms with Crippen molar-refractivity contribution in [2.75, 3.05) is 18.0 Å². The summed E-state index contributed by atoms with van der Waals surface area (Å²) in [5, 5.41) is 13.9. The first-order valence-electron chi connectivity index (χ1n) is 7.82. The van der Waals surface area contributed by atoms with E-state index in [4.69, 9.17) is 0 Å². The molecule has 0 aromatic heterocycles. The summed E-state index contributed by atoms with van der Waals surface area (Å²) >= 11 is 6.48. The molecule has 132 valence electrons. The number of carbonyl (C=O) groups excluding carboxylic acids is 1. The van der Waals surface area contributed by atoms with Gasteiger partial charge in [0.2, 0.25) is 0 Å². The van der Waals surface area contributed by atoms with E-state index in [0.717, 1.165) is 24.3 Å². The molecular weight excluding hydrogens is 450 g/mol. The highest BCUT2D eigenvalue weighted by atomic mass is 79.9. The van der Waals surface area contributed by atoms with Crippen LogP contribution >= 0.6 is 31.9 Å². The Morgan fingerprint density at radius 2 is 1.84 bits per heavy atom. The minimum absolute atomic E-state index is 0.125. The zero-order valence-electron chi connectivity index (χ0n) is 14.0. The Kier molecular flexibility index (Phi) is 7.01. The van der Waals surface area contributed by atoms with Gasteiger partial charge in [0.1, 0.15) is 5.75 Å². The van der Waals surface area contributed by atoms with Crippen LogP contribution in [0, 0.1) is 0 Å². The standard InChI is InChI=1S/C18H19Br2N3O2/c1-3-23(4-2)14-7-5-12(6-8-14)11-21-22-18(25)15-9-13(19)10-16(20)17(15)24/h5-11,24H,3-4H2,1-2H3,(H,22,25). The fraction of sp³-hybridized carbons (Fsp3) is 0.222. The maximum atomic E-state index is 12.1. The quantitative estimate of drug-likeness (QED) is 0.483. The smallest absolute Gasteiger partial charge is 0.275 e. The number of hydrogen-bond acceptors (Lipinski definition) is 4. The van der Waals surface area contributed by atoms with Gasteiger partial charge in [0.15, 0.2) is 0 Å². The molecule has 0 unspecified atom stereocenters. The predicted molar refractivity (Wildman–Crippen MR) is 109 cm³/mol. The van der Waals surface area contributed by atoms with E-state index in [1.54, 1.807) is 12.3 Å². The molecule has 2 rings (SSSR count). The molecule has 25 heavy (non-hydrogen) atoms. The van der Waals surface area contributed by atoms with Crippen molar-refractivity contribution in [3.05, 3.63) is 56.5 Å². The number of aromatic hydroxyl groups is 1. The van der Waals surface area contributed by atoms with E-state index < -0.39 is 5.91 Å². The summed E-state index contributed by atoms with van der Waals surface area (Å²) in [4.78, 5) is 14.4. The highest BCUT2D eigenvalue weighted by Crippen LogP contribution is 2.31. The fourth-order valence-electron chi connectivity index (χ4n) is 2.32. The first-order valence-corrected chi connectivity index (χ1v) is 9.41. The first kappa shape index (κ1) is 19.5. The summed E-state index contributed by atoms with van der Waals surface area (Å²) in [6.07, 6.45) is 1.56. The number of hydrazone groups is 1. The summed E-state index contributed by atoms with van der Waals surface area (Å²) in [5.74, 6) is -0.616. The van der Waals surface area contributed by atoms with Crippen LogP contribution in [0.15, 0.2) is 50.4 Å². The number of benzene rings is 2. The molecular formula is C18H19Br2N3O2. The first-order chi connectivity index (χ1) is 12.0. The van der Waals surface area contributed by atoms with Gasteiger partial charge in [0, 0.05) is 23.2 Å². The maximum Gasteiger partial charge on any atom is 0.275 e. The number of phenols is 1. The number of amides is 1. The molecule has 0 aliphatic rings. The van der Waals surface area contributed by atoms with Crippen LogP contribution in [-0.4, -0.2) is 30.3 Å². The third-order valence-electron chi connectivity index (χ3n) is 3.67. The molecule has 0 aliphatic heterocycles. The number of anilines is 1. The fourth-order valence-corrected chi connectivity index (χ4v) is 3.55. The van der Waals surface area contributed by atoms with Crippen molar-refractivity contribution >= 4 is 49.7 Å². The third-order valence-corrected chi connectivity index (χ3v) is 4.74. The topological polar surface area (TPSA) is 64.9 Å². The Morgan fingerprint density at radius 3 is 2.44 bits per heavy atom. The number of nitrogens with zero attached hydrogens (tertiary/aromatic N) is 2. The average molecular weight is 469 g/mol. The second kappa shape index (κ2) is 9.01. The Bertz CT molecular complexity index is 773. The van der Waals surface area contributed by atoms with Crippen LogP contribution < -0.4 is 10.3 Å². The van der Waals surface area contributed by atoms with Crippen molar-refractivity contribution in [3.63, 3.8) is 0 Å². The Labute approximate surface area is 164 Å². The molecule has 2 aromatic carbocycles. The van der Waals surface area contributed by atoms with Gasteiger partial charge in [-0.1, -0.05) is 28.1 Å². The molecule has 0 fully saturated rings. The van der Waals surface area contributed by atoms with Crippen molar-refractivity contribution in [1.29, 1.82) is 0 Å². The van der Waals surface area contributed by atoms with Gasteiger partial charge in [-0.05, 0) is 59.6 Å². The molecule has 7 heteroatoms. The van der Waals surface area contributed by atoms with Gasteiger partial charge >= 0.3 is 0 Å². The van der Waals surface area contributed by atoms with Crippen LogP contribution in [0.5, 0.6) is 5.75 Å². The van der Waals surface area contributed by atoms with Gasteiger partial charge in [-0.3, -0.25) is 4.79 Å². The van der Waals surface area contributed by atoms with Gasteiger partial charge in [-0.15, -0.1) is 0 Å². The maximum absolute atomic E-state index is 12.1. The molecule has 0 aliphatic carbocycles. The number of nitrogens with one attached hydrogen (secondary N) is 1. The van der Waals surface area contributed by atoms with Crippen molar-refractivity contribution in [3.8, 4) is 5.75 Å². The van der Waals surface area contributed by atoms with E-state index in [2.05, 4.69) is 61.1 Å². The van der Waals surface area contributed by atoms with Crippen LogP contribution in [0.2, 0.25) is 0 Å². The highest BCUT2D eigenvalue weighted by molar-refractivity contribution is 9.11. The molecule has 1 amide bonds. The summed E-state index contributed by atoms with van der Waals surface area (Å²) < 4.78 is 1.11. The molecule has 0 saturated carbocycles. The van der Waals surface area contributed by atoms with Crippen LogP contribution in [0.1, 0.15) is 29.8 Å². The number of phenolic OH excluding ortho intramolecular Hbond substituents is 1. The average Bonchev–Trinajstić information content (AvgIpc) is 2.60. The van der Waals surface area contributed by atoms with Gasteiger partial charge in [-0.25, -0.2) is 5.43 Å². The van der Waals surface area contributed by atoms with Crippen LogP contribution in [-0.2, 0) is 0 Å². The molecule has 0 atom stereocenters. The van der Waals surface area contributed by atoms with Crippen molar-refractivity contribution in [2.45, 2.75) is 13.8 Å². The largest absolute Gasteiger partial charge is 0.506 e.